The Labute approximate surface area is 486 Å². The minimum absolute atomic E-state index is 0.0777. The number of ether oxygens (including phenoxy) is 7. The number of thioether (sulfide) groups is 1. The predicted octanol–water partition coefficient (Wildman–Crippen LogP) is 10.4. The summed E-state index contributed by atoms with van der Waals surface area (Å²) < 4.78 is 43.9. The van der Waals surface area contributed by atoms with Crippen LogP contribution >= 0.6 is 35.0 Å². The predicted molar refractivity (Wildman–Crippen MR) is 312 cm³/mol. The number of methoxy groups -OCH3 is 2. The van der Waals surface area contributed by atoms with Crippen LogP contribution in [0.1, 0.15) is 133 Å². The zero-order valence-electron chi connectivity index (χ0n) is 50.2. The molecule has 1 N–H and O–H groups in total. The fraction of sp³-hybridized carbons (Fsp3) is 0.750. The fourth-order valence-electron chi connectivity index (χ4n) is 12.2. The quantitative estimate of drug-likeness (QED) is 0.110. The van der Waals surface area contributed by atoms with Crippen LogP contribution in [0.5, 0.6) is 11.5 Å². The molecule has 0 radical (unpaired) electrons. The number of Topliss-reactive ketones (excluding diaryl/α,β-unsaturated/α-hetero) is 2. The van der Waals surface area contributed by atoms with Crippen LogP contribution in [0.4, 0.5) is 5.69 Å². The number of hydrogen-bond donors (Lipinski definition) is 1. The molecule has 15 atom stereocenters. The number of benzene rings is 1. The molecule has 0 spiro atoms. The summed E-state index contributed by atoms with van der Waals surface area (Å²) in [7, 11) is 11.1. The van der Waals surface area contributed by atoms with Crippen molar-refractivity contribution in [2.24, 2.45) is 35.5 Å². The molecule has 4 heterocycles. The van der Waals surface area contributed by atoms with Crippen molar-refractivity contribution in [3.05, 3.63) is 46.2 Å². The first-order valence-electron chi connectivity index (χ1n) is 28.5. The first-order chi connectivity index (χ1) is 37.1. The molecule has 0 bridgehead atoms. The first kappa shape index (κ1) is 66.5. The van der Waals surface area contributed by atoms with E-state index >= 15 is 4.79 Å². The number of likely N-dealkylation sites (N-methyl/N-ethyl adjacent to an activating group) is 1. The lowest BCUT2D eigenvalue weighted by Gasteiger charge is -2.47. The Bertz CT molecular complexity index is 2320. The number of fused-ring (bicyclic) bond motifs is 1. The van der Waals surface area contributed by atoms with Crippen molar-refractivity contribution in [1.29, 1.82) is 0 Å². The van der Waals surface area contributed by atoms with E-state index in [4.69, 9.17) is 56.4 Å². The van der Waals surface area contributed by atoms with Crippen LogP contribution in [0, 0.1) is 35.5 Å². The number of halogens is 2. The summed E-state index contributed by atoms with van der Waals surface area (Å²) in [6, 6.07) is 6.19. The average Bonchev–Trinajstić information content (AvgIpc) is 4.01. The Balaban J connectivity index is 0.00000117. The number of cyclic esters (lactones) is 1. The van der Waals surface area contributed by atoms with Gasteiger partial charge in [0.15, 0.2) is 29.2 Å². The van der Waals surface area contributed by atoms with Gasteiger partial charge in [-0.15, -0.1) is 11.8 Å². The van der Waals surface area contributed by atoms with Gasteiger partial charge in [-0.2, -0.15) is 0 Å². The van der Waals surface area contributed by atoms with Crippen molar-refractivity contribution in [1.82, 2.24) is 14.8 Å². The molecule has 3 saturated heterocycles. The van der Waals surface area contributed by atoms with Gasteiger partial charge in [0.2, 0.25) is 0 Å². The maximum Gasteiger partial charge on any atom is 0.320 e. The van der Waals surface area contributed by atoms with E-state index in [0.29, 0.717) is 52.4 Å². The number of aliphatic hydroxyl groups is 1. The molecule has 6 rings (SSSR count). The van der Waals surface area contributed by atoms with Gasteiger partial charge < -0.3 is 53.0 Å². The van der Waals surface area contributed by atoms with Gasteiger partial charge >= 0.3 is 11.9 Å². The van der Waals surface area contributed by atoms with E-state index in [1.54, 1.807) is 40.3 Å². The number of aliphatic hydroxyl groups excluding tert-OH is 1. The van der Waals surface area contributed by atoms with Crippen LogP contribution in [0.25, 0.3) is 0 Å². The molecule has 1 saturated carbocycles. The van der Waals surface area contributed by atoms with Crippen molar-refractivity contribution in [2.45, 2.75) is 199 Å². The lowest BCUT2D eigenvalue weighted by Crippen LogP contribution is -2.59. The maximum absolute atomic E-state index is 15.1. The number of aromatic nitrogens is 1. The van der Waals surface area contributed by atoms with Crippen LogP contribution in [0.3, 0.4) is 0 Å². The molecule has 19 heteroatoms. The van der Waals surface area contributed by atoms with Crippen LogP contribution in [0.15, 0.2) is 30.6 Å². The number of esters is 2. The molecule has 4 fully saturated rings. The summed E-state index contributed by atoms with van der Waals surface area (Å²) in [6.45, 7) is 21.5. The number of nitrogens with zero attached hydrogens (tertiary/aromatic N) is 4. The van der Waals surface area contributed by atoms with Gasteiger partial charge in [0.25, 0.3) is 0 Å². The summed E-state index contributed by atoms with van der Waals surface area (Å²) in [5, 5.41) is 11.5. The molecule has 79 heavy (non-hydrogen) atoms. The van der Waals surface area contributed by atoms with Gasteiger partial charge in [-0.05, 0) is 132 Å². The van der Waals surface area contributed by atoms with Crippen LogP contribution < -0.4 is 14.4 Å². The Morgan fingerprint density at radius 3 is 2.10 bits per heavy atom. The van der Waals surface area contributed by atoms with E-state index in [1.165, 1.54) is 32.2 Å². The highest BCUT2D eigenvalue weighted by Crippen LogP contribution is 2.49. The molecule has 16 nitrogen and oxygen atoms in total. The minimum Gasteiger partial charge on any atom is -0.493 e. The van der Waals surface area contributed by atoms with Crippen molar-refractivity contribution < 1.29 is 57.4 Å². The van der Waals surface area contributed by atoms with Gasteiger partial charge in [0, 0.05) is 91.4 Å². The largest absolute Gasteiger partial charge is 0.493 e. The Kier molecular flexibility index (Phi) is 24.7. The second-order valence-corrected chi connectivity index (χ2v) is 26.0. The third kappa shape index (κ3) is 16.3. The smallest absolute Gasteiger partial charge is 0.320 e. The fourth-order valence-corrected chi connectivity index (χ4v) is 14.1. The van der Waals surface area contributed by atoms with Crippen molar-refractivity contribution in [3.63, 3.8) is 0 Å². The monoisotopic (exact) mass is 1160 g/mol. The molecular formula is C60H94Cl2N4O12S. The van der Waals surface area contributed by atoms with E-state index in [0.717, 1.165) is 43.3 Å². The average molecular weight is 1170 g/mol. The minimum atomic E-state index is -1.45. The summed E-state index contributed by atoms with van der Waals surface area (Å²) in [5.74, 6) is -4.03. The third-order valence-corrected chi connectivity index (χ3v) is 19.0. The second-order valence-electron chi connectivity index (χ2n) is 23.9. The Hall–Kier alpha value is -3.26. The van der Waals surface area contributed by atoms with Crippen LogP contribution in [-0.4, -0.2) is 163 Å². The lowest BCUT2D eigenvalue weighted by molar-refractivity contribution is -0.295. The number of anilines is 1. The standard InChI is InChI=1S/C52H75Cl2N3O12S.C8H19N/c1-13-41-52(8)42(30(4)43(58)28(2)24-51(7,64-12)47(31(5)44(59)32(6)48(61)67-41)68-50-45(60)38(56(9)10)22-29(3)65-50)46(49(62)69-52)70-21-20-57(27-35-36(53)25-55-26-37(35)54)33-18-19-39(63-11)40(23-33)66-34-16-14-15-17-34;1-7(2)6-8(3)9(4)5/h18-19,23,25-26,28-32,34,38,41-42,45-47,50,60H,13-17,20-22,24,27H2,1-12H3;7-8H,6H2,1-5H3/t28-,29?,30?,31+,32?,38?,41-,42?,45-,46?,47-,50+,51?,52-;/m1./s1. The van der Waals surface area contributed by atoms with Crippen molar-refractivity contribution in [2.75, 3.05) is 59.6 Å². The van der Waals surface area contributed by atoms with E-state index in [-0.39, 0.29) is 36.9 Å². The summed E-state index contributed by atoms with van der Waals surface area (Å²) in [4.78, 5) is 68.7. The lowest BCUT2D eigenvalue weighted by atomic mass is 9.70. The highest BCUT2D eigenvalue weighted by Gasteiger charge is 2.61. The normalized spacial score (nSPS) is 32.5. The van der Waals surface area contributed by atoms with E-state index < -0.39 is 88.4 Å². The summed E-state index contributed by atoms with van der Waals surface area (Å²) >= 11 is 14.8. The molecule has 1 aromatic heterocycles. The van der Waals surface area contributed by atoms with Gasteiger partial charge in [-0.3, -0.25) is 24.2 Å². The molecule has 4 aliphatic rings. The zero-order chi connectivity index (χ0) is 58.8. The molecule has 446 valence electrons. The molecule has 0 amide bonds. The Morgan fingerprint density at radius 2 is 1.54 bits per heavy atom. The van der Waals surface area contributed by atoms with E-state index in [2.05, 4.69) is 49.7 Å². The molecule has 3 aliphatic heterocycles. The SMILES string of the molecule is CC(C)CC(C)N(C)C.CC[C@H]1OC(=O)C(C)C(=O)[C@H](C)[C@@H](O[C@@H]2OC(C)CC(N(C)C)[C@H]2O)C(C)(OC)C[C@@H](C)C(=O)C(C)C2C(SCCN(Cc3c(Cl)cncc3Cl)c3ccc(OC)c(OC4CCCC4)c3)C(=O)O[C@@]21C. The van der Waals surface area contributed by atoms with Gasteiger partial charge in [-0.25, -0.2) is 0 Å². The number of rotatable bonds is 18. The van der Waals surface area contributed by atoms with Crippen LogP contribution in [-0.2, 0) is 49.4 Å². The maximum atomic E-state index is 15.1. The van der Waals surface area contributed by atoms with Gasteiger partial charge in [0.05, 0.1) is 41.1 Å². The number of ketones is 2. The summed E-state index contributed by atoms with van der Waals surface area (Å²) in [5.41, 5.74) is -1.28. The zero-order valence-corrected chi connectivity index (χ0v) is 52.5. The molecule has 2 aromatic rings. The topological polar surface area (TPSA) is 176 Å². The Morgan fingerprint density at radius 1 is 0.899 bits per heavy atom. The number of pyridine rings is 1. The van der Waals surface area contributed by atoms with Crippen molar-refractivity contribution >= 4 is 64.2 Å². The molecule has 1 aliphatic carbocycles. The highest BCUT2D eigenvalue weighted by atomic mass is 35.5. The second kappa shape index (κ2) is 29.3. The highest BCUT2D eigenvalue weighted by molar-refractivity contribution is 8.00. The van der Waals surface area contributed by atoms with Gasteiger partial charge in [0.1, 0.15) is 29.2 Å². The summed E-state index contributed by atoms with van der Waals surface area (Å²) in [6.07, 6.45) is 4.88. The molecular weight excluding hydrogens is 1070 g/mol. The first-order valence-corrected chi connectivity index (χ1v) is 30.3. The van der Waals surface area contributed by atoms with E-state index in [9.17, 15) is 19.5 Å². The number of carbonyl (C=O) groups excluding carboxylic acids is 4. The number of hydrogen-bond acceptors (Lipinski definition) is 17. The third-order valence-electron chi connectivity index (χ3n) is 17.1. The van der Waals surface area contributed by atoms with Crippen molar-refractivity contribution in [3.8, 4) is 11.5 Å². The van der Waals surface area contributed by atoms with E-state index in [1.807, 2.05) is 64.9 Å². The van der Waals surface area contributed by atoms with Gasteiger partial charge in [-0.1, -0.05) is 64.7 Å². The van der Waals surface area contributed by atoms with Crippen LogP contribution in [0.2, 0.25) is 10.0 Å². The molecule has 8 unspecified atom stereocenters. The number of carbonyl (C=O) groups is 4. The molecule has 1 aromatic carbocycles.